The number of oxazole rings is 1. The maximum atomic E-state index is 12.2. The van der Waals surface area contributed by atoms with E-state index in [0.29, 0.717) is 25.3 Å². The van der Waals surface area contributed by atoms with E-state index in [9.17, 15) is 4.79 Å². The van der Waals surface area contributed by atoms with E-state index in [2.05, 4.69) is 27.5 Å². The Hall–Kier alpha value is -3.67. The lowest BCUT2D eigenvalue weighted by molar-refractivity contribution is -0.121. The van der Waals surface area contributed by atoms with Gasteiger partial charge in [-0.1, -0.05) is 54.1 Å². The average Bonchev–Trinajstić information content (AvgIpc) is 3.44. The molecule has 1 amide bonds. The molecule has 6 heteroatoms. The lowest BCUT2D eigenvalue weighted by Crippen LogP contribution is -2.23. The van der Waals surface area contributed by atoms with Crippen LogP contribution in [0.1, 0.15) is 29.0 Å². The number of nitrogens with zero attached hydrogens (tertiary/aromatic N) is 3. The number of hydrogen-bond acceptors (Lipinski definition) is 4. The predicted octanol–water partition coefficient (Wildman–Crippen LogP) is 4.14. The fraction of sp³-hybridized carbons (Fsp3) is 0.208. The number of aryl methyl sites for hydroxylation is 2. The number of nitrogens with one attached hydrogen (secondary N) is 1. The monoisotopic (exact) mass is 400 g/mol. The van der Waals surface area contributed by atoms with Gasteiger partial charge in [-0.25, -0.2) is 4.98 Å². The molecule has 2 heterocycles. The van der Waals surface area contributed by atoms with Gasteiger partial charge in [0.1, 0.15) is 0 Å². The molecule has 2 aromatic heterocycles. The maximum Gasteiger partial charge on any atom is 0.220 e. The van der Waals surface area contributed by atoms with Crippen LogP contribution in [-0.2, 0) is 24.3 Å². The molecule has 0 aliphatic heterocycles. The van der Waals surface area contributed by atoms with Crippen molar-refractivity contribution >= 4 is 5.91 Å². The van der Waals surface area contributed by atoms with Crippen LogP contribution in [0, 0.1) is 6.92 Å². The zero-order chi connectivity index (χ0) is 20.8. The molecule has 0 unspecified atom stereocenters. The first kappa shape index (κ1) is 19.6. The highest BCUT2D eigenvalue weighted by Gasteiger charge is 2.09. The highest BCUT2D eigenvalue weighted by molar-refractivity contribution is 5.76. The molecule has 0 bridgehead atoms. The summed E-state index contributed by atoms with van der Waals surface area (Å²) in [5.41, 5.74) is 4.41. The van der Waals surface area contributed by atoms with Crippen LogP contribution in [0.3, 0.4) is 0 Å². The van der Waals surface area contributed by atoms with Crippen LogP contribution in [0.5, 0.6) is 0 Å². The Morgan fingerprint density at radius 2 is 1.83 bits per heavy atom. The molecular formula is C24H24N4O2. The smallest absolute Gasteiger partial charge is 0.220 e. The minimum Gasteiger partial charge on any atom is -0.441 e. The van der Waals surface area contributed by atoms with Crippen LogP contribution in [0.15, 0.2) is 77.6 Å². The third-order valence-electron chi connectivity index (χ3n) is 4.87. The molecule has 0 fully saturated rings. The number of rotatable bonds is 8. The molecule has 152 valence electrons. The third-order valence-corrected chi connectivity index (χ3v) is 4.87. The van der Waals surface area contributed by atoms with Crippen LogP contribution in [0.25, 0.3) is 11.3 Å². The van der Waals surface area contributed by atoms with E-state index in [0.717, 1.165) is 23.4 Å². The van der Waals surface area contributed by atoms with Crippen LogP contribution in [0.4, 0.5) is 0 Å². The Morgan fingerprint density at radius 1 is 1.07 bits per heavy atom. The average molecular weight is 400 g/mol. The predicted molar refractivity (Wildman–Crippen MR) is 115 cm³/mol. The molecule has 30 heavy (non-hydrogen) atoms. The van der Waals surface area contributed by atoms with E-state index in [1.54, 1.807) is 12.4 Å². The van der Waals surface area contributed by atoms with Crippen molar-refractivity contribution in [2.24, 2.45) is 0 Å². The molecule has 0 atom stereocenters. The lowest BCUT2D eigenvalue weighted by Gasteiger charge is -2.06. The molecule has 4 rings (SSSR count). The summed E-state index contributed by atoms with van der Waals surface area (Å²) in [6, 6.07) is 18.2. The van der Waals surface area contributed by atoms with Crippen molar-refractivity contribution < 1.29 is 9.21 Å². The highest BCUT2D eigenvalue weighted by Crippen LogP contribution is 2.21. The third kappa shape index (κ3) is 5.23. The van der Waals surface area contributed by atoms with Crippen LogP contribution in [-0.4, -0.2) is 20.7 Å². The molecular weight excluding hydrogens is 376 g/mol. The first-order valence-corrected chi connectivity index (χ1v) is 9.99. The molecule has 0 saturated heterocycles. The topological polar surface area (TPSA) is 73.0 Å². The summed E-state index contributed by atoms with van der Waals surface area (Å²) in [5.74, 6) is 1.27. The first-order chi connectivity index (χ1) is 14.7. The van der Waals surface area contributed by atoms with Gasteiger partial charge in [-0.15, -0.1) is 0 Å². The number of benzene rings is 2. The molecule has 2 aromatic carbocycles. The first-order valence-electron chi connectivity index (χ1n) is 9.99. The Balaban J connectivity index is 1.23. The van der Waals surface area contributed by atoms with Gasteiger partial charge in [0.25, 0.3) is 0 Å². The van der Waals surface area contributed by atoms with Crippen molar-refractivity contribution in [2.75, 3.05) is 0 Å². The zero-order valence-electron chi connectivity index (χ0n) is 16.9. The zero-order valence-corrected chi connectivity index (χ0v) is 16.9. The van der Waals surface area contributed by atoms with E-state index in [4.69, 9.17) is 4.42 Å². The van der Waals surface area contributed by atoms with E-state index in [-0.39, 0.29) is 5.91 Å². The van der Waals surface area contributed by atoms with Crippen LogP contribution < -0.4 is 5.32 Å². The van der Waals surface area contributed by atoms with Gasteiger partial charge < -0.3 is 9.73 Å². The summed E-state index contributed by atoms with van der Waals surface area (Å²) >= 11 is 0. The summed E-state index contributed by atoms with van der Waals surface area (Å²) in [6.07, 6.45) is 6.23. The number of hydrogen-bond donors (Lipinski definition) is 1. The summed E-state index contributed by atoms with van der Waals surface area (Å²) < 4.78 is 7.66. The molecule has 0 saturated carbocycles. The Kier molecular flexibility index (Phi) is 6.03. The van der Waals surface area contributed by atoms with Crippen molar-refractivity contribution in [1.29, 1.82) is 0 Å². The number of carbonyl (C=O) groups is 1. The number of carbonyl (C=O) groups excluding carboxylic acids is 1. The minimum atomic E-state index is -0.0225. The summed E-state index contributed by atoms with van der Waals surface area (Å²) in [5, 5.41) is 7.16. The second-order valence-electron chi connectivity index (χ2n) is 7.28. The van der Waals surface area contributed by atoms with E-state index in [1.807, 2.05) is 60.3 Å². The normalized spacial score (nSPS) is 10.8. The van der Waals surface area contributed by atoms with Gasteiger partial charge in [-0.3, -0.25) is 9.48 Å². The van der Waals surface area contributed by atoms with Crippen LogP contribution >= 0.6 is 0 Å². The molecule has 1 N–H and O–H groups in total. The molecule has 0 aliphatic rings. The van der Waals surface area contributed by atoms with E-state index in [1.165, 1.54) is 11.1 Å². The number of aromatic nitrogens is 3. The summed E-state index contributed by atoms with van der Waals surface area (Å²) in [4.78, 5) is 16.5. The van der Waals surface area contributed by atoms with Crippen molar-refractivity contribution in [3.63, 3.8) is 0 Å². The Labute approximate surface area is 175 Å². The van der Waals surface area contributed by atoms with Gasteiger partial charge in [0.2, 0.25) is 5.91 Å². The largest absolute Gasteiger partial charge is 0.441 e. The van der Waals surface area contributed by atoms with E-state index >= 15 is 0 Å². The number of amides is 1. The molecule has 0 radical (unpaired) electrons. The maximum absolute atomic E-state index is 12.2. The van der Waals surface area contributed by atoms with Gasteiger partial charge in [-0.2, -0.15) is 5.10 Å². The Bertz CT molecular complexity index is 1080. The van der Waals surface area contributed by atoms with E-state index < -0.39 is 0 Å². The van der Waals surface area contributed by atoms with Gasteiger partial charge >= 0.3 is 0 Å². The van der Waals surface area contributed by atoms with Crippen molar-refractivity contribution in [2.45, 2.75) is 32.9 Å². The fourth-order valence-electron chi connectivity index (χ4n) is 3.13. The standard InChI is InChI=1S/C24H24N4O2/c1-18-3-9-21(10-4-18)22-16-26-24(30-22)12-11-23(29)25-15-19-5-7-20(8-6-19)17-28-14-2-13-27-28/h2-10,13-14,16H,11-12,15,17H2,1H3,(H,25,29). The molecule has 0 spiro atoms. The minimum absolute atomic E-state index is 0.0225. The van der Waals surface area contributed by atoms with Gasteiger partial charge in [0.05, 0.1) is 12.7 Å². The van der Waals surface area contributed by atoms with Crippen LogP contribution in [0.2, 0.25) is 0 Å². The SMILES string of the molecule is Cc1ccc(-c2cnc(CCC(=O)NCc3ccc(Cn4cccn4)cc3)o2)cc1. The quantitative estimate of drug-likeness (QED) is 0.482. The summed E-state index contributed by atoms with van der Waals surface area (Å²) in [7, 11) is 0. The van der Waals surface area contributed by atoms with Crippen molar-refractivity contribution in [3.8, 4) is 11.3 Å². The lowest BCUT2D eigenvalue weighted by atomic mass is 10.1. The van der Waals surface area contributed by atoms with Crippen molar-refractivity contribution in [1.82, 2.24) is 20.1 Å². The molecule has 4 aromatic rings. The van der Waals surface area contributed by atoms with Gasteiger partial charge in [0, 0.05) is 37.3 Å². The van der Waals surface area contributed by atoms with Crippen molar-refractivity contribution in [3.05, 3.63) is 95.8 Å². The fourth-order valence-corrected chi connectivity index (χ4v) is 3.13. The van der Waals surface area contributed by atoms with Gasteiger partial charge in [0.15, 0.2) is 11.7 Å². The second kappa shape index (κ2) is 9.22. The summed E-state index contributed by atoms with van der Waals surface area (Å²) in [6.45, 7) is 3.28. The Morgan fingerprint density at radius 3 is 2.57 bits per heavy atom. The van der Waals surface area contributed by atoms with Gasteiger partial charge in [-0.05, 0) is 24.1 Å². The second-order valence-corrected chi connectivity index (χ2v) is 7.28. The highest BCUT2D eigenvalue weighted by atomic mass is 16.4. The molecule has 0 aliphatic carbocycles. The molecule has 6 nitrogen and oxygen atoms in total.